The molecule has 0 saturated heterocycles. The highest BCUT2D eigenvalue weighted by molar-refractivity contribution is 5.78. The predicted octanol–water partition coefficient (Wildman–Crippen LogP) is 1.93. The Hall–Kier alpha value is -1.62. The summed E-state index contributed by atoms with van der Waals surface area (Å²) in [5, 5.41) is 9.81. The molecular formula is C12H15FO4. The minimum Gasteiger partial charge on any atom is -0.496 e. The maximum atomic E-state index is 13.4. The molecule has 0 fully saturated rings. The van der Waals surface area contributed by atoms with Crippen LogP contribution < -0.4 is 4.74 Å². The van der Waals surface area contributed by atoms with Crippen LogP contribution in [0.1, 0.15) is 30.3 Å². The third-order valence-electron chi connectivity index (χ3n) is 2.45. The number of benzene rings is 1. The number of methoxy groups -OCH3 is 2. The number of carbonyl (C=O) groups is 1. The van der Waals surface area contributed by atoms with Crippen molar-refractivity contribution in [2.45, 2.75) is 19.2 Å². The lowest BCUT2D eigenvalue weighted by Gasteiger charge is -2.17. The molecule has 1 aromatic rings. The highest BCUT2D eigenvalue weighted by Crippen LogP contribution is 2.34. The van der Waals surface area contributed by atoms with Gasteiger partial charge in [-0.15, -0.1) is 0 Å². The molecule has 0 spiro atoms. The summed E-state index contributed by atoms with van der Waals surface area (Å²) in [6.07, 6.45) is -2.87. The largest absolute Gasteiger partial charge is 0.496 e. The van der Waals surface area contributed by atoms with Crippen molar-refractivity contribution in [1.82, 2.24) is 0 Å². The molecule has 1 N–H and O–H groups in total. The van der Waals surface area contributed by atoms with Gasteiger partial charge in [0.25, 0.3) is 0 Å². The van der Waals surface area contributed by atoms with E-state index in [4.69, 9.17) is 4.74 Å². The number of rotatable bonds is 4. The van der Waals surface area contributed by atoms with E-state index in [-0.39, 0.29) is 16.9 Å². The molecule has 1 aromatic carbocycles. The molecule has 2 unspecified atom stereocenters. The first-order chi connectivity index (χ1) is 8.02. The zero-order valence-electron chi connectivity index (χ0n) is 9.94. The zero-order chi connectivity index (χ0) is 13.0. The summed E-state index contributed by atoms with van der Waals surface area (Å²) in [6, 6.07) is 4.64. The van der Waals surface area contributed by atoms with E-state index in [1.165, 1.54) is 20.1 Å². The van der Waals surface area contributed by atoms with Crippen LogP contribution >= 0.6 is 0 Å². The van der Waals surface area contributed by atoms with Crippen molar-refractivity contribution in [2.24, 2.45) is 0 Å². The zero-order valence-corrected chi connectivity index (χ0v) is 9.94. The SMILES string of the molecule is COC(=O)C(O)c1c(OC)cccc1C(C)F. The van der Waals surface area contributed by atoms with Crippen LogP contribution in [0.5, 0.6) is 5.75 Å². The van der Waals surface area contributed by atoms with E-state index in [1.54, 1.807) is 12.1 Å². The summed E-state index contributed by atoms with van der Waals surface area (Å²) < 4.78 is 22.9. The van der Waals surface area contributed by atoms with Gasteiger partial charge in [-0.2, -0.15) is 0 Å². The van der Waals surface area contributed by atoms with Crippen LogP contribution in [0.4, 0.5) is 4.39 Å². The predicted molar refractivity (Wildman–Crippen MR) is 59.5 cm³/mol. The first-order valence-electron chi connectivity index (χ1n) is 5.09. The normalized spacial score (nSPS) is 13.9. The third-order valence-corrected chi connectivity index (χ3v) is 2.45. The Morgan fingerprint density at radius 2 is 2.06 bits per heavy atom. The minimum atomic E-state index is -1.55. The number of halogens is 1. The first-order valence-corrected chi connectivity index (χ1v) is 5.09. The van der Waals surface area contributed by atoms with Crippen molar-refractivity contribution < 1.29 is 23.8 Å². The molecule has 0 aliphatic carbocycles. The fraction of sp³-hybridized carbons (Fsp3) is 0.417. The van der Waals surface area contributed by atoms with Crippen molar-refractivity contribution in [3.05, 3.63) is 29.3 Å². The van der Waals surface area contributed by atoms with Gasteiger partial charge in [0.2, 0.25) is 0 Å². The Morgan fingerprint density at radius 3 is 2.53 bits per heavy atom. The van der Waals surface area contributed by atoms with E-state index in [9.17, 15) is 14.3 Å². The van der Waals surface area contributed by atoms with Crippen LogP contribution in [0.2, 0.25) is 0 Å². The number of hydrogen-bond acceptors (Lipinski definition) is 4. The lowest BCUT2D eigenvalue weighted by molar-refractivity contribution is -0.150. The molecule has 0 saturated carbocycles. The van der Waals surface area contributed by atoms with Gasteiger partial charge in [0.05, 0.1) is 14.2 Å². The van der Waals surface area contributed by atoms with Crippen LogP contribution in [-0.2, 0) is 9.53 Å². The summed E-state index contributed by atoms with van der Waals surface area (Å²) in [6.45, 7) is 1.32. The van der Waals surface area contributed by atoms with Crippen LogP contribution in [0, 0.1) is 0 Å². The summed E-state index contributed by atoms with van der Waals surface area (Å²) in [4.78, 5) is 11.3. The second kappa shape index (κ2) is 5.63. The molecule has 0 aliphatic rings. The van der Waals surface area contributed by atoms with Gasteiger partial charge in [0.1, 0.15) is 11.9 Å². The van der Waals surface area contributed by atoms with E-state index in [0.29, 0.717) is 0 Å². The number of carbonyl (C=O) groups excluding carboxylic acids is 1. The molecule has 0 bridgehead atoms. The molecule has 0 aliphatic heterocycles. The Labute approximate surface area is 99.0 Å². The topological polar surface area (TPSA) is 55.8 Å². The summed E-state index contributed by atoms with van der Waals surface area (Å²) in [7, 11) is 2.54. The molecular weight excluding hydrogens is 227 g/mol. The van der Waals surface area contributed by atoms with Gasteiger partial charge in [-0.05, 0) is 18.6 Å². The van der Waals surface area contributed by atoms with E-state index >= 15 is 0 Å². The molecule has 94 valence electrons. The van der Waals surface area contributed by atoms with Crippen molar-refractivity contribution in [3.8, 4) is 5.75 Å². The van der Waals surface area contributed by atoms with Crippen molar-refractivity contribution in [2.75, 3.05) is 14.2 Å². The first kappa shape index (κ1) is 13.4. The molecule has 0 amide bonds. The minimum absolute atomic E-state index is 0.108. The molecule has 0 aromatic heterocycles. The summed E-state index contributed by atoms with van der Waals surface area (Å²) in [5.41, 5.74) is 0.319. The molecule has 4 nitrogen and oxygen atoms in total. The van der Waals surface area contributed by atoms with Crippen LogP contribution in [0.25, 0.3) is 0 Å². The van der Waals surface area contributed by atoms with Crippen LogP contribution in [-0.4, -0.2) is 25.3 Å². The maximum absolute atomic E-state index is 13.4. The van der Waals surface area contributed by atoms with Gasteiger partial charge in [-0.1, -0.05) is 12.1 Å². The van der Waals surface area contributed by atoms with Gasteiger partial charge in [0.15, 0.2) is 6.10 Å². The number of ether oxygens (including phenoxy) is 2. The smallest absolute Gasteiger partial charge is 0.339 e. The van der Waals surface area contributed by atoms with Gasteiger partial charge >= 0.3 is 5.97 Å². The molecule has 0 heterocycles. The van der Waals surface area contributed by atoms with Gasteiger partial charge in [-0.3, -0.25) is 0 Å². The quantitative estimate of drug-likeness (QED) is 0.820. The molecule has 17 heavy (non-hydrogen) atoms. The van der Waals surface area contributed by atoms with Crippen molar-refractivity contribution in [3.63, 3.8) is 0 Å². The second-order valence-corrected chi connectivity index (χ2v) is 3.50. The molecule has 1 rings (SSSR count). The summed E-state index contributed by atoms with van der Waals surface area (Å²) >= 11 is 0. The average Bonchev–Trinajstić information content (AvgIpc) is 2.35. The fourth-order valence-corrected chi connectivity index (χ4v) is 1.61. The fourth-order valence-electron chi connectivity index (χ4n) is 1.61. The number of esters is 1. The summed E-state index contributed by atoms with van der Waals surface area (Å²) in [5.74, 6) is -0.596. The number of aliphatic hydroxyl groups is 1. The monoisotopic (exact) mass is 242 g/mol. The molecule has 0 radical (unpaired) electrons. The Kier molecular flexibility index (Phi) is 4.45. The average molecular weight is 242 g/mol. The maximum Gasteiger partial charge on any atom is 0.339 e. The van der Waals surface area contributed by atoms with E-state index in [2.05, 4.69) is 4.74 Å². The highest BCUT2D eigenvalue weighted by Gasteiger charge is 2.26. The van der Waals surface area contributed by atoms with Gasteiger partial charge in [0, 0.05) is 5.56 Å². The number of aliphatic hydroxyl groups excluding tert-OH is 1. The Bertz CT molecular complexity index is 403. The molecule has 5 heteroatoms. The van der Waals surface area contributed by atoms with Crippen LogP contribution in [0.15, 0.2) is 18.2 Å². The number of hydrogen-bond donors (Lipinski definition) is 1. The third kappa shape index (κ3) is 2.74. The number of alkyl halides is 1. The van der Waals surface area contributed by atoms with Gasteiger partial charge in [-0.25, -0.2) is 9.18 Å². The second-order valence-electron chi connectivity index (χ2n) is 3.50. The van der Waals surface area contributed by atoms with E-state index in [1.807, 2.05) is 0 Å². The lowest BCUT2D eigenvalue weighted by atomic mass is 9.98. The van der Waals surface area contributed by atoms with E-state index < -0.39 is 18.2 Å². The van der Waals surface area contributed by atoms with Crippen LogP contribution in [0.3, 0.4) is 0 Å². The van der Waals surface area contributed by atoms with Crippen molar-refractivity contribution >= 4 is 5.97 Å². The van der Waals surface area contributed by atoms with Crippen molar-refractivity contribution in [1.29, 1.82) is 0 Å². The Balaban J connectivity index is 3.31. The van der Waals surface area contributed by atoms with E-state index in [0.717, 1.165) is 7.11 Å². The molecule has 2 atom stereocenters. The van der Waals surface area contributed by atoms with Gasteiger partial charge < -0.3 is 14.6 Å². The highest BCUT2D eigenvalue weighted by atomic mass is 19.1. The lowest BCUT2D eigenvalue weighted by Crippen LogP contribution is -2.16. The Morgan fingerprint density at radius 1 is 1.41 bits per heavy atom. The standard InChI is InChI=1S/C12H15FO4/c1-7(13)8-5-4-6-9(16-2)10(8)11(14)12(15)17-3/h4-7,11,14H,1-3H3.